The summed E-state index contributed by atoms with van der Waals surface area (Å²) in [5, 5.41) is 3.13. The standard InChI is InChI=1S/C15H10N5/c1-2-4-12(5-3-1)6-7-13-10-19-15-14(16-8-9-17-15)18-20(19)11-13/h1-5,8-11H,(H,16,18)/q+1. The van der Waals surface area contributed by atoms with E-state index in [0.717, 1.165) is 22.4 Å². The van der Waals surface area contributed by atoms with Crippen molar-refractivity contribution in [3.8, 4) is 11.8 Å². The monoisotopic (exact) mass is 260 g/mol. The first-order valence-corrected chi connectivity index (χ1v) is 6.20. The molecule has 0 saturated heterocycles. The minimum atomic E-state index is 0.745. The fourth-order valence-electron chi connectivity index (χ4n) is 2.09. The first-order chi connectivity index (χ1) is 9.90. The number of hydrogen-bond donors (Lipinski definition) is 1. The third-order valence-electron chi connectivity index (χ3n) is 3.00. The molecule has 0 fully saturated rings. The number of hydrogen-bond acceptors (Lipinski definition) is 2. The summed E-state index contributed by atoms with van der Waals surface area (Å²) in [5.41, 5.74) is 3.44. The van der Waals surface area contributed by atoms with E-state index in [0.29, 0.717) is 0 Å². The Labute approximate surface area is 114 Å². The lowest BCUT2D eigenvalue weighted by Crippen LogP contribution is -2.24. The summed E-state index contributed by atoms with van der Waals surface area (Å²) in [4.78, 5) is 8.52. The molecule has 5 heteroatoms. The fourth-order valence-corrected chi connectivity index (χ4v) is 2.09. The quantitative estimate of drug-likeness (QED) is 0.381. The highest BCUT2D eigenvalue weighted by Gasteiger charge is 2.13. The number of fused-ring (bicyclic) bond motifs is 3. The maximum absolute atomic E-state index is 4.30. The maximum atomic E-state index is 4.30. The van der Waals surface area contributed by atoms with Gasteiger partial charge < -0.3 is 0 Å². The van der Waals surface area contributed by atoms with Crippen LogP contribution in [0.25, 0.3) is 11.3 Å². The minimum absolute atomic E-state index is 0.745. The van der Waals surface area contributed by atoms with Crippen LogP contribution in [0.5, 0.6) is 0 Å². The molecule has 3 heterocycles. The van der Waals surface area contributed by atoms with Crippen LogP contribution in [0, 0.1) is 11.8 Å². The second kappa shape index (κ2) is 4.21. The Morgan fingerprint density at radius 1 is 1.00 bits per heavy atom. The molecule has 4 aromatic rings. The van der Waals surface area contributed by atoms with Crippen LogP contribution in [-0.2, 0) is 0 Å². The molecular weight excluding hydrogens is 250 g/mol. The highest BCUT2D eigenvalue weighted by atomic mass is 15.5. The van der Waals surface area contributed by atoms with Crippen LogP contribution in [0.3, 0.4) is 0 Å². The zero-order valence-electron chi connectivity index (χ0n) is 10.5. The van der Waals surface area contributed by atoms with Crippen molar-refractivity contribution in [3.63, 3.8) is 0 Å². The van der Waals surface area contributed by atoms with E-state index >= 15 is 0 Å². The van der Waals surface area contributed by atoms with E-state index in [1.807, 2.05) is 51.9 Å². The van der Waals surface area contributed by atoms with Gasteiger partial charge >= 0.3 is 5.65 Å². The largest absolute Gasteiger partial charge is 0.346 e. The van der Waals surface area contributed by atoms with Crippen molar-refractivity contribution in [3.05, 3.63) is 66.2 Å². The molecule has 20 heavy (non-hydrogen) atoms. The first kappa shape index (κ1) is 10.8. The Hall–Kier alpha value is -3.13. The van der Waals surface area contributed by atoms with Gasteiger partial charge in [0, 0.05) is 5.56 Å². The number of aromatic nitrogens is 5. The molecule has 4 rings (SSSR count). The summed E-state index contributed by atoms with van der Waals surface area (Å²) in [7, 11) is 0. The Balaban J connectivity index is 1.80. The Kier molecular flexibility index (Phi) is 2.27. The zero-order valence-corrected chi connectivity index (χ0v) is 10.5. The van der Waals surface area contributed by atoms with E-state index in [2.05, 4.69) is 26.9 Å². The maximum Gasteiger partial charge on any atom is 0.346 e. The number of H-pyrrole nitrogens is 1. The van der Waals surface area contributed by atoms with Gasteiger partial charge in [-0.25, -0.2) is 4.98 Å². The number of rotatable bonds is 0. The molecule has 0 bridgehead atoms. The summed E-state index contributed by atoms with van der Waals surface area (Å²) in [6, 6.07) is 9.91. The molecule has 0 atom stereocenters. The van der Waals surface area contributed by atoms with Gasteiger partial charge in [-0.05, 0) is 12.1 Å². The highest BCUT2D eigenvalue weighted by Crippen LogP contribution is 2.02. The van der Waals surface area contributed by atoms with E-state index in [9.17, 15) is 0 Å². The highest BCUT2D eigenvalue weighted by molar-refractivity contribution is 5.58. The normalized spacial score (nSPS) is 10.6. The molecule has 0 amide bonds. The van der Waals surface area contributed by atoms with Crippen LogP contribution in [-0.4, -0.2) is 19.7 Å². The number of nitrogens with zero attached hydrogens (tertiary/aromatic N) is 4. The van der Waals surface area contributed by atoms with E-state index in [-0.39, 0.29) is 0 Å². The third kappa shape index (κ3) is 1.71. The van der Waals surface area contributed by atoms with E-state index in [4.69, 9.17) is 0 Å². The van der Waals surface area contributed by atoms with Gasteiger partial charge in [-0.1, -0.05) is 34.7 Å². The van der Waals surface area contributed by atoms with Crippen molar-refractivity contribution in [2.45, 2.75) is 0 Å². The van der Waals surface area contributed by atoms with E-state index < -0.39 is 0 Å². The first-order valence-electron chi connectivity index (χ1n) is 6.20. The molecule has 0 saturated carbocycles. The Morgan fingerprint density at radius 3 is 2.70 bits per heavy atom. The van der Waals surface area contributed by atoms with Gasteiger partial charge in [0.1, 0.15) is 12.4 Å². The molecule has 5 nitrogen and oxygen atoms in total. The average molecular weight is 260 g/mol. The van der Waals surface area contributed by atoms with Gasteiger partial charge in [-0.15, -0.1) is 9.50 Å². The van der Waals surface area contributed by atoms with Crippen molar-refractivity contribution in [1.82, 2.24) is 19.7 Å². The lowest BCUT2D eigenvalue weighted by atomic mass is 10.2. The number of aromatic amines is 1. The van der Waals surface area contributed by atoms with Crippen LogP contribution < -0.4 is 4.52 Å². The Morgan fingerprint density at radius 2 is 1.80 bits per heavy atom. The van der Waals surface area contributed by atoms with Crippen LogP contribution in [0.1, 0.15) is 11.1 Å². The molecule has 1 aromatic carbocycles. The lowest BCUT2D eigenvalue weighted by Gasteiger charge is -1.84. The summed E-state index contributed by atoms with van der Waals surface area (Å²) in [5.74, 6) is 6.27. The zero-order chi connectivity index (χ0) is 13.4. The van der Waals surface area contributed by atoms with Crippen LogP contribution in [0.15, 0.2) is 55.1 Å². The second-order valence-corrected chi connectivity index (χ2v) is 4.36. The molecule has 1 N–H and O–H groups in total. The smallest absolute Gasteiger partial charge is 0.214 e. The second-order valence-electron chi connectivity index (χ2n) is 4.36. The molecule has 0 aliphatic carbocycles. The van der Waals surface area contributed by atoms with Gasteiger partial charge in [0.2, 0.25) is 0 Å². The third-order valence-corrected chi connectivity index (χ3v) is 3.00. The predicted molar refractivity (Wildman–Crippen MR) is 72.9 cm³/mol. The van der Waals surface area contributed by atoms with Gasteiger partial charge in [0.05, 0.1) is 18.0 Å². The molecule has 3 aromatic heterocycles. The van der Waals surface area contributed by atoms with Gasteiger partial charge in [0.15, 0.2) is 0 Å². The van der Waals surface area contributed by atoms with Crippen LogP contribution in [0.2, 0.25) is 0 Å². The van der Waals surface area contributed by atoms with E-state index in [1.165, 1.54) is 0 Å². The average Bonchev–Trinajstić information content (AvgIpc) is 3.03. The predicted octanol–water partition coefficient (Wildman–Crippen LogP) is 1.20. The summed E-state index contributed by atoms with van der Waals surface area (Å²) >= 11 is 0. The van der Waals surface area contributed by atoms with Crippen molar-refractivity contribution < 1.29 is 4.52 Å². The fraction of sp³-hybridized carbons (Fsp3) is 0. The van der Waals surface area contributed by atoms with Crippen molar-refractivity contribution >= 4 is 11.3 Å². The molecular formula is C15H10N5+. The summed E-state index contributed by atoms with van der Waals surface area (Å²) in [6.07, 6.45) is 7.18. The Bertz CT molecular complexity index is 953. The van der Waals surface area contributed by atoms with Crippen molar-refractivity contribution in [1.29, 1.82) is 0 Å². The van der Waals surface area contributed by atoms with Crippen molar-refractivity contribution in [2.24, 2.45) is 0 Å². The van der Waals surface area contributed by atoms with Gasteiger partial charge in [-0.3, -0.25) is 0 Å². The molecule has 0 aliphatic rings. The summed E-state index contributed by atoms with van der Waals surface area (Å²) < 4.78 is 3.71. The molecule has 0 aliphatic heterocycles. The van der Waals surface area contributed by atoms with Crippen LogP contribution in [0.4, 0.5) is 0 Å². The number of nitrogens with one attached hydrogen (secondary N) is 1. The molecule has 94 valence electrons. The van der Waals surface area contributed by atoms with Gasteiger partial charge in [0.25, 0.3) is 5.65 Å². The minimum Gasteiger partial charge on any atom is -0.214 e. The van der Waals surface area contributed by atoms with Gasteiger partial charge in [-0.2, -0.15) is 5.10 Å². The topological polar surface area (TPSA) is 50.1 Å². The SMILES string of the molecule is C(#Cc1cn2[nH]c3nccnc3[n+]2c1)c1ccccc1. The molecule has 0 spiro atoms. The van der Waals surface area contributed by atoms with Crippen molar-refractivity contribution in [2.75, 3.05) is 0 Å². The number of benzene rings is 1. The van der Waals surface area contributed by atoms with Crippen LogP contribution >= 0.6 is 0 Å². The molecule has 0 radical (unpaired) electrons. The summed E-state index contributed by atoms with van der Waals surface area (Å²) in [6.45, 7) is 0. The molecule has 0 unspecified atom stereocenters. The van der Waals surface area contributed by atoms with E-state index in [1.54, 1.807) is 12.4 Å². The lowest BCUT2D eigenvalue weighted by molar-refractivity contribution is -0.594.